The Kier molecular flexibility index (Phi) is 9.42. The van der Waals surface area contributed by atoms with E-state index < -0.39 is 0 Å². The van der Waals surface area contributed by atoms with Crippen LogP contribution in [0.15, 0.2) is 12.1 Å². The van der Waals surface area contributed by atoms with Crippen molar-refractivity contribution >= 4 is 5.91 Å². The Morgan fingerprint density at radius 1 is 0.923 bits per heavy atom. The minimum Gasteiger partial charge on any atom is -0.490 e. The summed E-state index contributed by atoms with van der Waals surface area (Å²) >= 11 is 0. The Morgan fingerprint density at radius 3 is 1.77 bits per heavy atom. The van der Waals surface area contributed by atoms with E-state index in [0.717, 1.165) is 0 Å². The van der Waals surface area contributed by atoms with Gasteiger partial charge in [-0.15, -0.1) is 0 Å². The average molecular weight is 359 g/mol. The van der Waals surface area contributed by atoms with E-state index >= 15 is 0 Å². The minimum atomic E-state index is -0.277. The van der Waals surface area contributed by atoms with Crippen molar-refractivity contribution in [3.05, 3.63) is 17.7 Å². The number of amides is 1. The number of carbonyl (C=O) groups excluding carboxylic acids is 1. The maximum Gasteiger partial charge on any atom is 0.254 e. The molecule has 0 aromatic heterocycles. The highest BCUT2D eigenvalue weighted by Gasteiger charge is 2.21. The largest absolute Gasteiger partial charge is 0.490 e. The van der Waals surface area contributed by atoms with E-state index in [2.05, 4.69) is 0 Å². The van der Waals surface area contributed by atoms with Crippen LogP contribution in [0.4, 0.5) is 0 Å². The third-order valence-electron chi connectivity index (χ3n) is 3.43. The fraction of sp³-hybridized carbons (Fsp3) is 0.526. The third kappa shape index (κ3) is 5.86. The molecule has 1 aromatic carbocycles. The summed E-state index contributed by atoms with van der Waals surface area (Å²) in [6.07, 6.45) is 0.398. The molecule has 0 spiro atoms. The highest BCUT2D eigenvalue weighted by Crippen LogP contribution is 2.39. The first-order valence-electron chi connectivity index (χ1n) is 8.72. The highest BCUT2D eigenvalue weighted by molar-refractivity contribution is 5.95. The summed E-state index contributed by atoms with van der Waals surface area (Å²) in [5.41, 5.74) is 0.372. The predicted molar refractivity (Wildman–Crippen MR) is 96.3 cm³/mol. The van der Waals surface area contributed by atoms with Gasteiger partial charge in [-0.25, -0.2) is 0 Å². The standard InChI is InChI=1S/C19H25N3O4/c1-4-24-16-13-15(14-17(25-5-2)18(16)26-6-3)19(23)22(11-7-9-20)12-8-10-21/h13-14H,4-8,11-12H2,1-3H3. The summed E-state index contributed by atoms with van der Waals surface area (Å²) in [4.78, 5) is 14.4. The molecule has 0 radical (unpaired) electrons. The molecular weight excluding hydrogens is 334 g/mol. The monoisotopic (exact) mass is 359 g/mol. The minimum absolute atomic E-state index is 0.199. The molecule has 0 atom stereocenters. The molecule has 0 aliphatic heterocycles. The fourth-order valence-electron chi connectivity index (χ4n) is 2.38. The van der Waals surface area contributed by atoms with Gasteiger partial charge in [0.25, 0.3) is 5.91 Å². The van der Waals surface area contributed by atoms with Gasteiger partial charge in [-0.05, 0) is 32.9 Å². The Morgan fingerprint density at radius 2 is 1.38 bits per heavy atom. The van der Waals surface area contributed by atoms with Gasteiger partial charge in [0.05, 0.1) is 44.8 Å². The Bertz CT molecular complexity index is 631. The summed E-state index contributed by atoms with van der Waals surface area (Å²) < 4.78 is 16.9. The summed E-state index contributed by atoms with van der Waals surface area (Å²) in [5, 5.41) is 17.6. The molecule has 0 saturated heterocycles. The molecule has 26 heavy (non-hydrogen) atoms. The second kappa shape index (κ2) is 11.6. The molecule has 0 aliphatic rings. The van der Waals surface area contributed by atoms with E-state index in [-0.39, 0.29) is 31.8 Å². The van der Waals surface area contributed by atoms with Gasteiger partial charge in [0.15, 0.2) is 11.5 Å². The number of rotatable bonds is 11. The van der Waals surface area contributed by atoms with Gasteiger partial charge in [0.2, 0.25) is 5.75 Å². The molecule has 0 aliphatic carbocycles. The average Bonchev–Trinajstić information content (AvgIpc) is 2.64. The molecule has 0 fully saturated rings. The molecule has 7 nitrogen and oxygen atoms in total. The van der Waals surface area contributed by atoms with Crippen molar-refractivity contribution in [1.29, 1.82) is 10.5 Å². The van der Waals surface area contributed by atoms with Gasteiger partial charge >= 0.3 is 0 Å². The number of nitrogens with zero attached hydrogens (tertiary/aromatic N) is 3. The van der Waals surface area contributed by atoms with Crippen molar-refractivity contribution in [1.82, 2.24) is 4.90 Å². The van der Waals surface area contributed by atoms with Crippen LogP contribution in [0.3, 0.4) is 0 Å². The quantitative estimate of drug-likeness (QED) is 0.602. The maximum atomic E-state index is 12.9. The lowest BCUT2D eigenvalue weighted by Crippen LogP contribution is -2.32. The van der Waals surface area contributed by atoms with Crippen LogP contribution in [0.25, 0.3) is 0 Å². The van der Waals surface area contributed by atoms with Gasteiger partial charge in [0.1, 0.15) is 0 Å². The van der Waals surface area contributed by atoms with Crippen LogP contribution in [-0.4, -0.2) is 43.7 Å². The van der Waals surface area contributed by atoms with Crippen LogP contribution in [0.2, 0.25) is 0 Å². The van der Waals surface area contributed by atoms with Crippen molar-refractivity contribution < 1.29 is 19.0 Å². The lowest BCUT2D eigenvalue weighted by atomic mass is 10.1. The van der Waals surface area contributed by atoms with Crippen LogP contribution in [0.5, 0.6) is 17.2 Å². The van der Waals surface area contributed by atoms with Crippen LogP contribution in [-0.2, 0) is 0 Å². The zero-order valence-electron chi connectivity index (χ0n) is 15.6. The molecular formula is C19H25N3O4. The molecule has 0 heterocycles. The Hall–Kier alpha value is -2.93. The second-order valence-corrected chi connectivity index (χ2v) is 5.21. The molecule has 0 bridgehead atoms. The van der Waals surface area contributed by atoms with Gasteiger partial charge in [-0.1, -0.05) is 0 Å². The number of carbonyl (C=O) groups is 1. The topological polar surface area (TPSA) is 95.6 Å². The number of ether oxygens (including phenoxy) is 3. The van der Waals surface area contributed by atoms with Gasteiger partial charge in [-0.2, -0.15) is 10.5 Å². The summed E-state index contributed by atoms with van der Waals surface area (Å²) in [7, 11) is 0. The second-order valence-electron chi connectivity index (χ2n) is 5.21. The smallest absolute Gasteiger partial charge is 0.254 e. The first-order chi connectivity index (χ1) is 12.6. The predicted octanol–water partition coefficient (Wildman–Crippen LogP) is 3.15. The molecule has 1 aromatic rings. The van der Waals surface area contributed by atoms with E-state index in [9.17, 15) is 4.79 Å². The SMILES string of the molecule is CCOc1cc(C(=O)N(CCC#N)CCC#N)cc(OCC)c1OCC. The summed E-state index contributed by atoms with van der Waals surface area (Å²) in [6, 6.07) is 7.28. The van der Waals surface area contributed by atoms with Crippen LogP contribution in [0.1, 0.15) is 44.0 Å². The van der Waals surface area contributed by atoms with E-state index in [4.69, 9.17) is 24.7 Å². The Balaban J connectivity index is 3.28. The number of hydrogen-bond acceptors (Lipinski definition) is 6. The molecule has 1 amide bonds. The Labute approximate surface area is 154 Å². The fourth-order valence-corrected chi connectivity index (χ4v) is 2.38. The molecule has 140 valence electrons. The van der Waals surface area contributed by atoms with E-state index in [0.29, 0.717) is 42.6 Å². The van der Waals surface area contributed by atoms with Gasteiger partial charge in [0, 0.05) is 18.7 Å². The van der Waals surface area contributed by atoms with Gasteiger partial charge < -0.3 is 19.1 Å². The van der Waals surface area contributed by atoms with Gasteiger partial charge in [-0.3, -0.25) is 4.79 Å². The van der Waals surface area contributed by atoms with E-state index in [1.165, 1.54) is 4.90 Å². The van der Waals surface area contributed by atoms with Crippen molar-refractivity contribution in [2.75, 3.05) is 32.9 Å². The normalized spacial score (nSPS) is 9.73. The summed E-state index contributed by atoms with van der Waals surface area (Å²) in [6.45, 7) is 7.33. The highest BCUT2D eigenvalue weighted by atomic mass is 16.5. The first-order valence-corrected chi connectivity index (χ1v) is 8.72. The molecule has 1 rings (SSSR count). The summed E-state index contributed by atoms with van der Waals surface area (Å²) in [5.74, 6) is 1.06. The van der Waals surface area contributed by atoms with E-state index in [1.54, 1.807) is 12.1 Å². The zero-order valence-corrected chi connectivity index (χ0v) is 15.6. The number of nitriles is 2. The first kappa shape index (κ1) is 21.1. The molecule has 7 heteroatoms. The maximum absolute atomic E-state index is 12.9. The van der Waals surface area contributed by atoms with Crippen molar-refractivity contribution in [3.63, 3.8) is 0 Å². The van der Waals surface area contributed by atoms with Crippen molar-refractivity contribution in [2.45, 2.75) is 33.6 Å². The van der Waals surface area contributed by atoms with Crippen LogP contribution < -0.4 is 14.2 Å². The van der Waals surface area contributed by atoms with E-state index in [1.807, 2.05) is 32.9 Å². The lowest BCUT2D eigenvalue weighted by Gasteiger charge is -2.22. The lowest BCUT2D eigenvalue weighted by molar-refractivity contribution is 0.0761. The number of hydrogen-bond donors (Lipinski definition) is 0. The zero-order chi connectivity index (χ0) is 19.4. The van der Waals surface area contributed by atoms with Crippen molar-refractivity contribution in [3.8, 4) is 29.4 Å². The third-order valence-corrected chi connectivity index (χ3v) is 3.43. The van der Waals surface area contributed by atoms with Crippen LogP contribution in [0, 0.1) is 22.7 Å². The van der Waals surface area contributed by atoms with Crippen LogP contribution >= 0.6 is 0 Å². The van der Waals surface area contributed by atoms with Crippen molar-refractivity contribution in [2.24, 2.45) is 0 Å². The molecule has 0 saturated carbocycles. The number of benzene rings is 1. The molecule has 0 N–H and O–H groups in total. The molecule has 0 unspecified atom stereocenters.